The van der Waals surface area contributed by atoms with Gasteiger partial charge >= 0.3 is 0 Å². The van der Waals surface area contributed by atoms with Gasteiger partial charge < -0.3 is 19.5 Å². The lowest BCUT2D eigenvalue weighted by Crippen LogP contribution is -2.47. The third-order valence-electron chi connectivity index (χ3n) is 5.54. The molecular formula is C28H27N3O5. The van der Waals surface area contributed by atoms with Crippen molar-refractivity contribution >= 4 is 23.4 Å². The second-order valence-electron chi connectivity index (χ2n) is 8.38. The molecule has 8 nitrogen and oxygen atoms in total. The Bertz CT molecular complexity index is 1290. The highest BCUT2D eigenvalue weighted by Crippen LogP contribution is 2.30. The molecule has 1 atom stereocenters. The summed E-state index contributed by atoms with van der Waals surface area (Å²) in [5.74, 6) is -0.682. The van der Waals surface area contributed by atoms with Crippen molar-refractivity contribution in [1.29, 1.82) is 0 Å². The summed E-state index contributed by atoms with van der Waals surface area (Å²) in [7, 11) is 0. The zero-order chi connectivity index (χ0) is 25.5. The van der Waals surface area contributed by atoms with Crippen molar-refractivity contribution in [3.63, 3.8) is 0 Å². The van der Waals surface area contributed by atoms with Crippen molar-refractivity contribution in [2.45, 2.75) is 26.4 Å². The van der Waals surface area contributed by atoms with Gasteiger partial charge in [0.25, 0.3) is 5.91 Å². The monoisotopic (exact) mass is 485 g/mol. The highest BCUT2D eigenvalue weighted by Gasteiger charge is 2.33. The Morgan fingerprint density at radius 2 is 1.53 bits per heavy atom. The average Bonchev–Trinajstić information content (AvgIpc) is 3.59. The summed E-state index contributed by atoms with van der Waals surface area (Å²) in [5, 5.41) is 5.47. The van der Waals surface area contributed by atoms with Crippen LogP contribution in [-0.4, -0.2) is 24.3 Å². The highest BCUT2D eigenvalue weighted by molar-refractivity contribution is 6.04. The molecule has 2 heterocycles. The molecule has 0 spiro atoms. The van der Waals surface area contributed by atoms with E-state index in [9.17, 15) is 14.4 Å². The van der Waals surface area contributed by atoms with Gasteiger partial charge in [-0.25, -0.2) is 0 Å². The Morgan fingerprint density at radius 3 is 2.17 bits per heavy atom. The smallest absolute Gasteiger partial charge is 0.287 e. The normalized spacial score (nSPS) is 11.5. The predicted molar refractivity (Wildman–Crippen MR) is 134 cm³/mol. The number of aryl methyl sites for hydroxylation is 2. The molecule has 0 saturated carbocycles. The Labute approximate surface area is 208 Å². The van der Waals surface area contributed by atoms with E-state index < -0.39 is 17.9 Å². The molecule has 0 aliphatic heterocycles. The van der Waals surface area contributed by atoms with E-state index in [-0.39, 0.29) is 24.8 Å². The van der Waals surface area contributed by atoms with Gasteiger partial charge in [0, 0.05) is 5.69 Å². The minimum absolute atomic E-state index is 0.0940. The molecule has 0 aliphatic rings. The van der Waals surface area contributed by atoms with Crippen LogP contribution in [0.4, 0.5) is 5.69 Å². The number of furan rings is 2. The van der Waals surface area contributed by atoms with E-state index in [4.69, 9.17) is 8.83 Å². The van der Waals surface area contributed by atoms with Gasteiger partial charge in [0.1, 0.15) is 11.8 Å². The molecule has 3 amide bonds. The van der Waals surface area contributed by atoms with E-state index in [1.807, 2.05) is 50.2 Å². The molecule has 4 aromatic rings. The van der Waals surface area contributed by atoms with Gasteiger partial charge in [0.2, 0.25) is 11.8 Å². The SMILES string of the molecule is Cc1cc(C)cc(N(C(=O)CNC(=O)c2ccco2)C(C(=O)NCc2ccco2)c2ccccc2)c1. The van der Waals surface area contributed by atoms with E-state index >= 15 is 0 Å². The summed E-state index contributed by atoms with van der Waals surface area (Å²) >= 11 is 0. The van der Waals surface area contributed by atoms with Crippen LogP contribution < -0.4 is 15.5 Å². The number of rotatable bonds is 9. The quantitative estimate of drug-likeness (QED) is 0.368. The summed E-state index contributed by atoms with van der Waals surface area (Å²) in [6.07, 6.45) is 2.91. The van der Waals surface area contributed by atoms with Crippen LogP contribution in [0, 0.1) is 13.8 Å². The number of carbonyl (C=O) groups excluding carboxylic acids is 3. The standard InChI is InChI=1S/C28H27N3O5/c1-19-14-20(2)16-22(15-19)31(25(32)18-30-27(33)24-11-7-13-36-24)26(21-8-4-3-5-9-21)28(34)29-17-23-10-6-12-35-23/h3-16,26H,17-18H2,1-2H3,(H,29,34)(H,30,33). The molecule has 0 aliphatic carbocycles. The number of anilines is 1. The number of hydrogen-bond acceptors (Lipinski definition) is 5. The van der Waals surface area contributed by atoms with Crippen LogP contribution in [0.25, 0.3) is 0 Å². The average molecular weight is 486 g/mol. The maximum absolute atomic E-state index is 13.7. The minimum Gasteiger partial charge on any atom is -0.467 e. The third kappa shape index (κ3) is 5.90. The lowest BCUT2D eigenvalue weighted by atomic mass is 10.0. The van der Waals surface area contributed by atoms with Crippen molar-refractivity contribution in [3.05, 3.63) is 114 Å². The van der Waals surface area contributed by atoms with Crippen molar-refractivity contribution in [2.24, 2.45) is 0 Å². The number of hydrogen-bond donors (Lipinski definition) is 2. The molecule has 0 saturated heterocycles. The number of carbonyl (C=O) groups is 3. The van der Waals surface area contributed by atoms with Crippen LogP contribution in [0.1, 0.15) is 39.0 Å². The van der Waals surface area contributed by atoms with E-state index in [1.54, 1.807) is 30.3 Å². The van der Waals surface area contributed by atoms with Gasteiger partial charge in [0.05, 0.1) is 25.6 Å². The van der Waals surface area contributed by atoms with Crippen LogP contribution >= 0.6 is 0 Å². The van der Waals surface area contributed by atoms with Crippen LogP contribution in [0.3, 0.4) is 0 Å². The van der Waals surface area contributed by atoms with Gasteiger partial charge in [-0.15, -0.1) is 0 Å². The first-order chi connectivity index (χ1) is 17.4. The molecule has 0 radical (unpaired) electrons. The van der Waals surface area contributed by atoms with Crippen LogP contribution in [0.5, 0.6) is 0 Å². The molecule has 0 fully saturated rings. The maximum Gasteiger partial charge on any atom is 0.287 e. The summed E-state index contributed by atoms with van der Waals surface area (Å²) < 4.78 is 10.5. The molecule has 184 valence electrons. The zero-order valence-corrected chi connectivity index (χ0v) is 20.1. The second kappa shape index (κ2) is 11.2. The molecule has 2 N–H and O–H groups in total. The van der Waals surface area contributed by atoms with Gasteiger partial charge in [-0.05, 0) is 66.9 Å². The van der Waals surface area contributed by atoms with E-state index in [1.165, 1.54) is 23.5 Å². The molecular weight excluding hydrogens is 458 g/mol. The molecule has 8 heteroatoms. The number of nitrogens with zero attached hydrogens (tertiary/aromatic N) is 1. The predicted octanol–water partition coefficient (Wildman–Crippen LogP) is 4.31. The van der Waals surface area contributed by atoms with Gasteiger partial charge in [-0.1, -0.05) is 36.4 Å². The van der Waals surface area contributed by atoms with Crippen molar-refractivity contribution in [1.82, 2.24) is 10.6 Å². The molecule has 36 heavy (non-hydrogen) atoms. The third-order valence-corrected chi connectivity index (χ3v) is 5.54. The Balaban J connectivity index is 1.69. The summed E-state index contributed by atoms with van der Waals surface area (Å²) in [5.41, 5.74) is 3.04. The number of nitrogens with one attached hydrogen (secondary N) is 2. The van der Waals surface area contributed by atoms with Gasteiger partial charge in [-0.3, -0.25) is 19.3 Å². The van der Waals surface area contributed by atoms with E-state index in [0.717, 1.165) is 11.1 Å². The number of amides is 3. The topological polar surface area (TPSA) is 105 Å². The fraction of sp³-hybridized carbons (Fsp3) is 0.179. The fourth-order valence-electron chi connectivity index (χ4n) is 4.00. The van der Waals surface area contributed by atoms with Crippen molar-refractivity contribution in [3.8, 4) is 0 Å². The Hall–Kier alpha value is -4.59. The van der Waals surface area contributed by atoms with Crippen molar-refractivity contribution in [2.75, 3.05) is 11.4 Å². The molecule has 0 bridgehead atoms. The number of benzene rings is 2. The maximum atomic E-state index is 13.7. The van der Waals surface area contributed by atoms with Gasteiger partial charge in [0.15, 0.2) is 5.76 Å². The van der Waals surface area contributed by atoms with Crippen molar-refractivity contribution < 1.29 is 23.2 Å². The Kier molecular flexibility index (Phi) is 7.65. The Morgan fingerprint density at radius 1 is 0.833 bits per heavy atom. The largest absolute Gasteiger partial charge is 0.467 e. The van der Waals surface area contributed by atoms with Crippen LogP contribution in [0.2, 0.25) is 0 Å². The fourth-order valence-corrected chi connectivity index (χ4v) is 4.00. The first-order valence-electron chi connectivity index (χ1n) is 11.5. The lowest BCUT2D eigenvalue weighted by Gasteiger charge is -2.32. The summed E-state index contributed by atoms with van der Waals surface area (Å²) in [4.78, 5) is 41.1. The summed E-state index contributed by atoms with van der Waals surface area (Å²) in [6, 6.07) is 20.3. The molecule has 4 rings (SSSR count). The minimum atomic E-state index is -0.990. The molecule has 2 aromatic heterocycles. The zero-order valence-electron chi connectivity index (χ0n) is 20.1. The van der Waals surface area contributed by atoms with Crippen LogP contribution in [0.15, 0.2) is 94.2 Å². The summed E-state index contributed by atoms with van der Waals surface area (Å²) in [6.45, 7) is 3.68. The van der Waals surface area contributed by atoms with Gasteiger partial charge in [-0.2, -0.15) is 0 Å². The lowest BCUT2D eigenvalue weighted by molar-refractivity contribution is -0.126. The molecule has 2 aromatic carbocycles. The first-order valence-corrected chi connectivity index (χ1v) is 11.5. The molecule has 1 unspecified atom stereocenters. The van der Waals surface area contributed by atoms with Crippen LogP contribution in [-0.2, 0) is 16.1 Å². The van der Waals surface area contributed by atoms with E-state index in [0.29, 0.717) is 17.0 Å². The first kappa shape index (κ1) is 24.5. The van der Waals surface area contributed by atoms with E-state index in [2.05, 4.69) is 10.6 Å². The second-order valence-corrected chi connectivity index (χ2v) is 8.38. The highest BCUT2D eigenvalue weighted by atomic mass is 16.3.